The molecule has 1 aliphatic heterocycles. The molecule has 154 valence electrons. The fourth-order valence-electron chi connectivity index (χ4n) is 3.00. The Morgan fingerprint density at radius 3 is 2.69 bits per heavy atom. The average molecular weight is 397 g/mol. The largest absolute Gasteiger partial charge is 0.492 e. The molecule has 0 unspecified atom stereocenters. The molecule has 1 atom stereocenters. The Hall–Kier alpha value is -3.09. The summed E-state index contributed by atoms with van der Waals surface area (Å²) in [5.74, 6) is 1.45. The number of carbonyl (C=O) groups excluding carboxylic acids is 2. The van der Waals surface area contributed by atoms with E-state index in [1.165, 1.54) is 6.20 Å². The second kappa shape index (κ2) is 9.91. The number of benzene rings is 1. The van der Waals surface area contributed by atoms with Gasteiger partial charge in [0.25, 0.3) is 5.91 Å². The number of nitrogens with zero attached hydrogens (tertiary/aromatic N) is 2. The number of hydrogen-bond acceptors (Lipinski definition) is 5. The number of nitrogens with one attached hydrogen (secondary N) is 1. The number of para-hydroxylation sites is 1. The topological polar surface area (TPSA) is 80.8 Å². The molecule has 2 aromatic rings. The maximum absolute atomic E-state index is 12.4. The summed E-state index contributed by atoms with van der Waals surface area (Å²) in [6.45, 7) is 6.07. The second-order valence-electron chi connectivity index (χ2n) is 7.47. The van der Waals surface area contributed by atoms with Crippen LogP contribution in [0.5, 0.6) is 11.6 Å². The van der Waals surface area contributed by atoms with Crippen LogP contribution in [0.1, 0.15) is 30.6 Å². The molecule has 7 nitrogen and oxygen atoms in total. The first-order valence-electron chi connectivity index (χ1n) is 9.86. The number of rotatable bonds is 9. The summed E-state index contributed by atoms with van der Waals surface area (Å²) in [5, 5.41) is 2.91. The first-order chi connectivity index (χ1) is 14.0. The van der Waals surface area contributed by atoms with Crippen LogP contribution in [0.15, 0.2) is 48.7 Å². The molecule has 0 aliphatic carbocycles. The Morgan fingerprint density at radius 2 is 2.00 bits per heavy atom. The lowest BCUT2D eigenvalue weighted by Crippen LogP contribution is -2.38. The van der Waals surface area contributed by atoms with Crippen LogP contribution in [0.4, 0.5) is 0 Å². The van der Waals surface area contributed by atoms with Gasteiger partial charge in [-0.05, 0) is 24.1 Å². The Kier molecular flexibility index (Phi) is 7.05. The number of hydrogen-bond donors (Lipinski definition) is 1. The van der Waals surface area contributed by atoms with Crippen LogP contribution < -0.4 is 14.8 Å². The van der Waals surface area contributed by atoms with E-state index < -0.39 is 0 Å². The van der Waals surface area contributed by atoms with Crippen molar-refractivity contribution < 1.29 is 19.1 Å². The second-order valence-corrected chi connectivity index (χ2v) is 7.47. The molecule has 0 radical (unpaired) electrons. The maximum Gasteiger partial charge on any atom is 0.253 e. The third-order valence-electron chi connectivity index (χ3n) is 4.49. The van der Waals surface area contributed by atoms with Crippen LogP contribution in [0.2, 0.25) is 0 Å². The minimum atomic E-state index is -0.243. The van der Waals surface area contributed by atoms with Gasteiger partial charge in [0, 0.05) is 25.2 Å². The van der Waals surface area contributed by atoms with E-state index in [2.05, 4.69) is 24.1 Å². The molecule has 1 aromatic carbocycles. The molecule has 0 spiro atoms. The average Bonchev–Trinajstić information content (AvgIpc) is 3.06. The van der Waals surface area contributed by atoms with Crippen molar-refractivity contribution in [3.8, 4) is 11.6 Å². The number of pyridine rings is 1. The van der Waals surface area contributed by atoms with Crippen LogP contribution in [0.3, 0.4) is 0 Å². The summed E-state index contributed by atoms with van der Waals surface area (Å²) < 4.78 is 11.2. The molecule has 29 heavy (non-hydrogen) atoms. The van der Waals surface area contributed by atoms with Gasteiger partial charge in [0.05, 0.1) is 24.8 Å². The predicted octanol–water partition coefficient (Wildman–Crippen LogP) is 2.53. The van der Waals surface area contributed by atoms with Crippen molar-refractivity contribution in [2.24, 2.45) is 5.92 Å². The lowest BCUT2D eigenvalue weighted by molar-refractivity contribution is -0.128. The van der Waals surface area contributed by atoms with Crippen molar-refractivity contribution in [1.29, 1.82) is 0 Å². The normalized spacial score (nSPS) is 16.2. The van der Waals surface area contributed by atoms with Gasteiger partial charge < -0.3 is 19.7 Å². The van der Waals surface area contributed by atoms with E-state index in [9.17, 15) is 9.59 Å². The summed E-state index contributed by atoms with van der Waals surface area (Å²) >= 11 is 0. The summed E-state index contributed by atoms with van der Waals surface area (Å²) in [5.41, 5.74) is 0.445. The smallest absolute Gasteiger partial charge is 0.253 e. The quantitative estimate of drug-likeness (QED) is 0.703. The lowest BCUT2D eigenvalue weighted by atomic mass is 10.2. The number of aromatic nitrogens is 1. The molecule has 2 amide bonds. The molecule has 1 saturated heterocycles. The van der Waals surface area contributed by atoms with E-state index >= 15 is 0 Å². The molecule has 0 bridgehead atoms. The summed E-state index contributed by atoms with van der Waals surface area (Å²) in [6, 6.07) is 12.6. The summed E-state index contributed by atoms with van der Waals surface area (Å²) in [7, 11) is 0. The minimum absolute atomic E-state index is 0.0162. The van der Waals surface area contributed by atoms with E-state index in [4.69, 9.17) is 9.47 Å². The number of likely N-dealkylation sites (tertiary alicyclic amines) is 1. The molecular formula is C22H27N3O4. The molecule has 0 saturated carbocycles. The first kappa shape index (κ1) is 20.6. The van der Waals surface area contributed by atoms with Crippen molar-refractivity contribution in [3.05, 3.63) is 54.2 Å². The standard InChI is InChI=1S/C22H27N3O4/c1-16(2)15-29-20-9-8-17(13-23-20)22(27)24-18-12-21(26)25(14-18)10-11-28-19-6-4-3-5-7-19/h3-9,13,16,18H,10-12,14-15H2,1-2H3,(H,24,27)/t18-/m1/s1. The zero-order valence-corrected chi connectivity index (χ0v) is 16.8. The highest BCUT2D eigenvalue weighted by molar-refractivity contribution is 5.94. The Morgan fingerprint density at radius 1 is 1.21 bits per heavy atom. The monoisotopic (exact) mass is 397 g/mol. The highest BCUT2D eigenvalue weighted by Gasteiger charge is 2.30. The summed E-state index contributed by atoms with van der Waals surface area (Å²) in [6.07, 6.45) is 1.79. The molecular weight excluding hydrogens is 370 g/mol. The van der Waals surface area contributed by atoms with Crippen molar-refractivity contribution in [1.82, 2.24) is 15.2 Å². The highest BCUT2D eigenvalue weighted by Crippen LogP contribution is 2.14. The van der Waals surface area contributed by atoms with Gasteiger partial charge in [-0.2, -0.15) is 0 Å². The Labute approximate surface area is 171 Å². The van der Waals surface area contributed by atoms with E-state index in [0.717, 1.165) is 5.75 Å². The fraction of sp³-hybridized carbons (Fsp3) is 0.409. The molecule has 2 heterocycles. The number of ether oxygens (including phenoxy) is 2. The minimum Gasteiger partial charge on any atom is -0.492 e. The maximum atomic E-state index is 12.4. The summed E-state index contributed by atoms with van der Waals surface area (Å²) in [4.78, 5) is 30.5. The van der Waals surface area contributed by atoms with Crippen molar-refractivity contribution >= 4 is 11.8 Å². The van der Waals surface area contributed by atoms with Crippen LogP contribution in [-0.4, -0.2) is 54.0 Å². The van der Waals surface area contributed by atoms with Gasteiger partial charge in [0.2, 0.25) is 11.8 Å². The van der Waals surface area contributed by atoms with Gasteiger partial charge in [0.15, 0.2) is 0 Å². The van der Waals surface area contributed by atoms with E-state index in [0.29, 0.717) is 50.1 Å². The number of carbonyl (C=O) groups is 2. The highest BCUT2D eigenvalue weighted by atomic mass is 16.5. The molecule has 1 aromatic heterocycles. The third-order valence-corrected chi connectivity index (χ3v) is 4.49. The van der Waals surface area contributed by atoms with Gasteiger partial charge >= 0.3 is 0 Å². The number of amides is 2. The van der Waals surface area contributed by atoms with Crippen molar-refractivity contribution in [3.63, 3.8) is 0 Å². The van der Waals surface area contributed by atoms with Crippen molar-refractivity contribution in [2.75, 3.05) is 26.3 Å². The van der Waals surface area contributed by atoms with Crippen LogP contribution in [0.25, 0.3) is 0 Å². The van der Waals surface area contributed by atoms with Crippen LogP contribution >= 0.6 is 0 Å². The lowest BCUT2D eigenvalue weighted by Gasteiger charge is -2.17. The van der Waals surface area contributed by atoms with Crippen molar-refractivity contribution in [2.45, 2.75) is 26.3 Å². The molecule has 1 N–H and O–H groups in total. The van der Waals surface area contributed by atoms with Gasteiger partial charge in [-0.25, -0.2) is 4.98 Å². The van der Waals surface area contributed by atoms with Gasteiger partial charge in [-0.15, -0.1) is 0 Å². The van der Waals surface area contributed by atoms with E-state index in [-0.39, 0.29) is 17.9 Å². The van der Waals surface area contributed by atoms with E-state index in [1.54, 1.807) is 17.0 Å². The fourth-order valence-corrected chi connectivity index (χ4v) is 3.00. The molecule has 3 rings (SSSR count). The van der Waals surface area contributed by atoms with Gasteiger partial charge in [-0.1, -0.05) is 32.0 Å². The van der Waals surface area contributed by atoms with E-state index in [1.807, 2.05) is 30.3 Å². The molecule has 1 fully saturated rings. The van der Waals surface area contributed by atoms with Gasteiger partial charge in [0.1, 0.15) is 12.4 Å². The van der Waals surface area contributed by atoms with Crippen LogP contribution in [-0.2, 0) is 4.79 Å². The predicted molar refractivity (Wildman–Crippen MR) is 109 cm³/mol. The van der Waals surface area contributed by atoms with Gasteiger partial charge in [-0.3, -0.25) is 9.59 Å². The SMILES string of the molecule is CC(C)COc1ccc(C(=O)N[C@@H]2CC(=O)N(CCOc3ccccc3)C2)cn1. The Balaban J connectivity index is 1.44. The molecule has 7 heteroatoms. The zero-order valence-electron chi connectivity index (χ0n) is 16.8. The first-order valence-corrected chi connectivity index (χ1v) is 9.86. The zero-order chi connectivity index (χ0) is 20.6. The Bertz CT molecular complexity index is 809. The third kappa shape index (κ3) is 6.20. The molecule has 1 aliphatic rings. The van der Waals surface area contributed by atoms with Crippen LogP contribution in [0, 0.1) is 5.92 Å².